The van der Waals surface area contributed by atoms with Gasteiger partial charge < -0.3 is 15.0 Å². The van der Waals surface area contributed by atoms with Crippen molar-refractivity contribution in [2.75, 3.05) is 18.5 Å². The first-order valence-electron chi connectivity index (χ1n) is 8.11. The normalized spacial score (nSPS) is 19.8. The molecule has 1 amide bonds. The minimum absolute atomic E-state index is 0.0139. The van der Waals surface area contributed by atoms with Crippen LogP contribution in [-0.2, 0) is 9.53 Å². The Hall–Kier alpha value is -2.71. The Balaban J connectivity index is 1.87. The zero-order valence-electron chi connectivity index (χ0n) is 13.7. The molecule has 1 aromatic carbocycles. The molecule has 9 heteroatoms. The smallest absolute Gasteiger partial charge is 0.340 e. The van der Waals surface area contributed by atoms with Gasteiger partial charge in [-0.1, -0.05) is 0 Å². The number of nitrogens with zero attached hydrogens (tertiary/aromatic N) is 2. The second kappa shape index (κ2) is 6.66. The molecule has 3 rings (SSSR count). The Bertz CT molecular complexity index is 735. The summed E-state index contributed by atoms with van der Waals surface area (Å²) < 4.78 is 19.3. The summed E-state index contributed by atoms with van der Waals surface area (Å²) in [6.07, 6.45) is 2.13. The summed E-state index contributed by atoms with van der Waals surface area (Å²) in [7, 11) is 0. The third-order valence-electron chi connectivity index (χ3n) is 4.28. The minimum Gasteiger partial charge on any atom is -0.462 e. The largest absolute Gasteiger partial charge is 0.462 e. The zero-order chi connectivity index (χ0) is 18.1. The van der Waals surface area contributed by atoms with Crippen LogP contribution in [0.15, 0.2) is 12.1 Å². The number of hydrogen-bond donors (Lipinski definition) is 1. The summed E-state index contributed by atoms with van der Waals surface area (Å²) in [4.78, 5) is 36.0. The molecule has 2 aliphatic rings. The number of nitro benzene ring substituents is 1. The number of hydrogen-bond acceptors (Lipinski definition) is 6. The van der Waals surface area contributed by atoms with E-state index in [1.165, 1.54) is 0 Å². The first kappa shape index (κ1) is 17.1. The molecule has 1 atom stereocenters. The van der Waals surface area contributed by atoms with Crippen molar-refractivity contribution in [3.05, 3.63) is 33.6 Å². The number of likely N-dealkylation sites (tertiary alicyclic amines) is 1. The molecular formula is C16H18FN3O5. The van der Waals surface area contributed by atoms with Crippen LogP contribution in [0.1, 0.15) is 36.5 Å². The minimum atomic E-state index is -0.922. The van der Waals surface area contributed by atoms with Gasteiger partial charge in [-0.15, -0.1) is 0 Å². The highest BCUT2D eigenvalue weighted by molar-refractivity contribution is 5.97. The Morgan fingerprint density at radius 3 is 2.80 bits per heavy atom. The lowest BCUT2D eigenvalue weighted by atomic mass is 10.1. The molecule has 1 unspecified atom stereocenters. The highest BCUT2D eigenvalue weighted by Gasteiger charge is 2.40. The Morgan fingerprint density at radius 1 is 1.48 bits per heavy atom. The number of nitrogens with one attached hydrogen (secondary N) is 1. The van der Waals surface area contributed by atoms with E-state index < -0.39 is 22.4 Å². The molecule has 2 fully saturated rings. The van der Waals surface area contributed by atoms with E-state index in [0.717, 1.165) is 25.0 Å². The van der Waals surface area contributed by atoms with Crippen LogP contribution in [0.5, 0.6) is 0 Å². The Labute approximate surface area is 143 Å². The lowest BCUT2D eigenvalue weighted by Gasteiger charge is -2.18. The second-order valence-electron chi connectivity index (χ2n) is 6.15. The summed E-state index contributed by atoms with van der Waals surface area (Å²) in [5, 5.41) is 13.8. The number of carbonyl (C=O) groups is 2. The second-order valence-corrected chi connectivity index (χ2v) is 6.15. The number of non-ortho nitro benzene ring substituents is 1. The van der Waals surface area contributed by atoms with Crippen molar-refractivity contribution < 1.29 is 23.6 Å². The highest BCUT2D eigenvalue weighted by atomic mass is 19.1. The van der Waals surface area contributed by atoms with Crippen molar-refractivity contribution in [2.45, 2.75) is 38.3 Å². The first-order chi connectivity index (χ1) is 11.9. The molecule has 1 aliphatic heterocycles. The van der Waals surface area contributed by atoms with Crippen molar-refractivity contribution in [2.24, 2.45) is 0 Å². The molecular weight excluding hydrogens is 333 g/mol. The summed E-state index contributed by atoms with van der Waals surface area (Å²) in [6.45, 7) is 2.06. The molecule has 134 valence electrons. The summed E-state index contributed by atoms with van der Waals surface area (Å²) in [5.74, 6) is -1.79. The average molecular weight is 351 g/mol. The predicted octanol–water partition coefficient (Wildman–Crippen LogP) is 2.09. The van der Waals surface area contributed by atoms with E-state index in [-0.39, 0.29) is 42.3 Å². The summed E-state index contributed by atoms with van der Waals surface area (Å²) >= 11 is 0. The highest BCUT2D eigenvalue weighted by Crippen LogP contribution is 2.33. The molecule has 8 nitrogen and oxygen atoms in total. The van der Waals surface area contributed by atoms with Crippen molar-refractivity contribution in [1.82, 2.24) is 4.90 Å². The van der Waals surface area contributed by atoms with Gasteiger partial charge in [-0.05, 0) is 19.8 Å². The predicted molar refractivity (Wildman–Crippen MR) is 85.8 cm³/mol. The number of halogens is 1. The number of ether oxygens (including phenoxy) is 1. The Kier molecular flexibility index (Phi) is 4.56. The fraction of sp³-hybridized carbons (Fsp3) is 0.500. The summed E-state index contributed by atoms with van der Waals surface area (Å²) in [6, 6.07) is 1.63. The average Bonchev–Trinajstić information content (AvgIpc) is 3.32. The van der Waals surface area contributed by atoms with Crippen LogP contribution in [0, 0.1) is 15.9 Å². The topological polar surface area (TPSA) is 102 Å². The van der Waals surface area contributed by atoms with Gasteiger partial charge in [-0.25, -0.2) is 9.18 Å². The molecule has 0 radical (unpaired) electrons. The molecule has 1 saturated carbocycles. The van der Waals surface area contributed by atoms with Gasteiger partial charge in [0, 0.05) is 25.1 Å². The lowest BCUT2D eigenvalue weighted by Crippen LogP contribution is -2.30. The molecule has 1 aromatic rings. The molecule has 1 aliphatic carbocycles. The van der Waals surface area contributed by atoms with E-state index in [4.69, 9.17) is 4.74 Å². The molecule has 1 saturated heterocycles. The maximum absolute atomic E-state index is 14.4. The van der Waals surface area contributed by atoms with Crippen LogP contribution in [0.2, 0.25) is 0 Å². The van der Waals surface area contributed by atoms with Crippen LogP contribution in [-0.4, -0.2) is 46.9 Å². The molecule has 0 bridgehead atoms. The van der Waals surface area contributed by atoms with Gasteiger partial charge >= 0.3 is 5.97 Å². The van der Waals surface area contributed by atoms with Crippen LogP contribution >= 0.6 is 0 Å². The van der Waals surface area contributed by atoms with E-state index in [0.29, 0.717) is 6.54 Å². The number of rotatable bonds is 6. The number of nitro groups is 1. The molecule has 1 heterocycles. The van der Waals surface area contributed by atoms with Gasteiger partial charge in [-0.3, -0.25) is 14.9 Å². The number of benzene rings is 1. The van der Waals surface area contributed by atoms with E-state index in [2.05, 4.69) is 5.32 Å². The first-order valence-corrected chi connectivity index (χ1v) is 8.11. The van der Waals surface area contributed by atoms with E-state index >= 15 is 0 Å². The van der Waals surface area contributed by atoms with Gasteiger partial charge in [-0.2, -0.15) is 0 Å². The third-order valence-corrected chi connectivity index (χ3v) is 4.28. The molecule has 25 heavy (non-hydrogen) atoms. The standard InChI is InChI=1S/C16H18FN3O5/c1-2-25-16(22)12-6-11(20(23)24)7-13(17)15(12)18-9-5-14(21)19(8-9)10-3-4-10/h6-7,9-10,18H,2-5,8H2,1H3. The van der Waals surface area contributed by atoms with Crippen LogP contribution in [0.3, 0.4) is 0 Å². The van der Waals surface area contributed by atoms with Crippen LogP contribution in [0.4, 0.5) is 15.8 Å². The summed E-state index contributed by atoms with van der Waals surface area (Å²) in [5.41, 5.74) is -0.946. The van der Waals surface area contributed by atoms with Crippen molar-refractivity contribution >= 4 is 23.3 Å². The number of esters is 1. The monoisotopic (exact) mass is 351 g/mol. The third kappa shape index (κ3) is 3.54. The lowest BCUT2D eigenvalue weighted by molar-refractivity contribution is -0.385. The van der Waals surface area contributed by atoms with Crippen molar-refractivity contribution in [3.63, 3.8) is 0 Å². The van der Waals surface area contributed by atoms with E-state index in [9.17, 15) is 24.1 Å². The number of anilines is 1. The molecule has 0 spiro atoms. The zero-order valence-corrected chi connectivity index (χ0v) is 13.7. The maximum Gasteiger partial charge on any atom is 0.340 e. The molecule has 0 aromatic heterocycles. The van der Waals surface area contributed by atoms with Gasteiger partial charge in [0.1, 0.15) is 0 Å². The van der Waals surface area contributed by atoms with Crippen LogP contribution in [0.25, 0.3) is 0 Å². The fourth-order valence-corrected chi connectivity index (χ4v) is 2.99. The number of amides is 1. The van der Waals surface area contributed by atoms with Crippen molar-refractivity contribution in [3.8, 4) is 0 Å². The van der Waals surface area contributed by atoms with Crippen molar-refractivity contribution in [1.29, 1.82) is 0 Å². The van der Waals surface area contributed by atoms with Gasteiger partial charge in [0.15, 0.2) is 5.82 Å². The fourth-order valence-electron chi connectivity index (χ4n) is 2.99. The van der Waals surface area contributed by atoms with E-state index in [1.807, 2.05) is 0 Å². The SMILES string of the molecule is CCOC(=O)c1cc([N+](=O)[O-])cc(F)c1NC1CC(=O)N(C2CC2)C1. The van der Waals surface area contributed by atoms with Gasteiger partial charge in [0.25, 0.3) is 5.69 Å². The maximum atomic E-state index is 14.4. The quantitative estimate of drug-likeness (QED) is 0.478. The Morgan fingerprint density at radius 2 is 2.20 bits per heavy atom. The molecule has 1 N–H and O–H groups in total. The van der Waals surface area contributed by atoms with Gasteiger partial charge in [0.2, 0.25) is 5.91 Å². The number of carbonyl (C=O) groups excluding carboxylic acids is 2. The van der Waals surface area contributed by atoms with E-state index in [1.54, 1.807) is 11.8 Å². The van der Waals surface area contributed by atoms with Crippen LogP contribution < -0.4 is 5.32 Å². The van der Waals surface area contributed by atoms with Gasteiger partial charge in [0.05, 0.1) is 34.9 Å².